The summed E-state index contributed by atoms with van der Waals surface area (Å²) >= 11 is 1.45. The summed E-state index contributed by atoms with van der Waals surface area (Å²) in [4.78, 5) is 12.0. The molecule has 0 saturated heterocycles. The van der Waals surface area contributed by atoms with Crippen molar-refractivity contribution in [3.63, 3.8) is 0 Å². The number of carboxylic acids is 1. The molecule has 0 bridgehead atoms. The largest absolute Gasteiger partial charge is 0.477 e. The summed E-state index contributed by atoms with van der Waals surface area (Å²) in [6, 6.07) is 3.68. The van der Waals surface area contributed by atoms with Gasteiger partial charge in [0.05, 0.1) is 0 Å². The van der Waals surface area contributed by atoms with Crippen LogP contribution in [-0.2, 0) is 4.79 Å². The van der Waals surface area contributed by atoms with Crippen LogP contribution in [0.2, 0.25) is 0 Å². The lowest BCUT2D eigenvalue weighted by Crippen LogP contribution is -1.99. The van der Waals surface area contributed by atoms with Crippen molar-refractivity contribution in [2.45, 2.75) is 19.8 Å². The van der Waals surface area contributed by atoms with Crippen molar-refractivity contribution in [2.24, 2.45) is 0 Å². The van der Waals surface area contributed by atoms with Gasteiger partial charge in [-0.2, -0.15) is 0 Å². The first-order valence-electron chi connectivity index (χ1n) is 5.40. The highest BCUT2D eigenvalue weighted by Crippen LogP contribution is 2.22. The number of rotatable bonds is 4. The van der Waals surface area contributed by atoms with Crippen LogP contribution in [0.5, 0.6) is 0 Å². The summed E-state index contributed by atoms with van der Waals surface area (Å²) < 4.78 is 5.35. The van der Waals surface area contributed by atoms with E-state index in [1.54, 1.807) is 0 Å². The van der Waals surface area contributed by atoms with Gasteiger partial charge in [0.15, 0.2) is 0 Å². The predicted molar refractivity (Wildman–Crippen MR) is 68.2 cm³/mol. The molecule has 6 heteroatoms. The van der Waals surface area contributed by atoms with Gasteiger partial charge in [-0.05, 0) is 17.5 Å². The molecule has 0 saturated carbocycles. The van der Waals surface area contributed by atoms with E-state index in [9.17, 15) is 9.90 Å². The molecule has 0 amide bonds. The Labute approximate surface area is 108 Å². The summed E-state index contributed by atoms with van der Waals surface area (Å²) in [5.74, 6) is -0.534. The molecule has 18 heavy (non-hydrogen) atoms. The molecule has 0 unspecified atom stereocenters. The van der Waals surface area contributed by atoms with E-state index < -0.39 is 5.97 Å². The monoisotopic (exact) mass is 264 g/mol. The zero-order valence-corrected chi connectivity index (χ0v) is 10.8. The summed E-state index contributed by atoms with van der Waals surface area (Å²) in [5, 5.41) is 18.7. The quantitative estimate of drug-likeness (QED) is 0.859. The summed E-state index contributed by atoms with van der Waals surface area (Å²) in [6.07, 6.45) is 1.53. The van der Waals surface area contributed by atoms with Crippen LogP contribution in [0.4, 0.5) is 0 Å². The molecular formula is C12H12N2O3S. The van der Waals surface area contributed by atoms with Crippen molar-refractivity contribution >= 4 is 29.0 Å². The maximum absolute atomic E-state index is 11.2. The Kier molecular flexibility index (Phi) is 3.57. The van der Waals surface area contributed by atoms with Gasteiger partial charge in [-0.15, -0.1) is 21.5 Å². The van der Waals surface area contributed by atoms with Gasteiger partial charge in [0, 0.05) is 10.8 Å². The van der Waals surface area contributed by atoms with Crippen molar-refractivity contribution in [1.29, 1.82) is 0 Å². The Hall–Kier alpha value is -1.95. The molecule has 2 aromatic rings. The standard InChI is InChI=1S/C12H12N2O3S/c1-7(2)10-13-14-11(17-10)9(12(15)16)6-8-4-3-5-18-8/h3-7H,1-2H3,(H,15,16)/b9-6-. The molecule has 2 aromatic heterocycles. The number of nitrogens with zero attached hydrogens (tertiary/aromatic N) is 2. The maximum Gasteiger partial charge on any atom is 0.341 e. The fourth-order valence-electron chi connectivity index (χ4n) is 1.31. The van der Waals surface area contributed by atoms with Gasteiger partial charge in [0.1, 0.15) is 5.57 Å². The highest BCUT2D eigenvalue weighted by atomic mass is 32.1. The third-order valence-electron chi connectivity index (χ3n) is 2.23. The SMILES string of the molecule is CC(C)c1nnc(/C(=C/c2cccs2)C(=O)O)o1. The summed E-state index contributed by atoms with van der Waals surface area (Å²) in [7, 11) is 0. The smallest absolute Gasteiger partial charge is 0.341 e. The van der Waals surface area contributed by atoms with Crippen LogP contribution in [0.3, 0.4) is 0 Å². The molecule has 0 aliphatic carbocycles. The Bertz CT molecular complexity index is 570. The average molecular weight is 264 g/mol. The topological polar surface area (TPSA) is 76.2 Å². The fraction of sp³-hybridized carbons (Fsp3) is 0.250. The Morgan fingerprint density at radius 1 is 1.50 bits per heavy atom. The summed E-state index contributed by atoms with van der Waals surface area (Å²) in [6.45, 7) is 3.81. The number of hydrogen-bond donors (Lipinski definition) is 1. The maximum atomic E-state index is 11.2. The van der Waals surface area contributed by atoms with Crippen molar-refractivity contribution in [2.75, 3.05) is 0 Å². The molecule has 0 fully saturated rings. The zero-order chi connectivity index (χ0) is 13.1. The van der Waals surface area contributed by atoms with Crippen molar-refractivity contribution < 1.29 is 14.3 Å². The Morgan fingerprint density at radius 3 is 2.78 bits per heavy atom. The van der Waals surface area contributed by atoms with Gasteiger partial charge in [0.2, 0.25) is 5.89 Å². The number of hydrogen-bond acceptors (Lipinski definition) is 5. The van der Waals surface area contributed by atoms with E-state index in [0.717, 1.165) is 4.88 Å². The van der Waals surface area contributed by atoms with Gasteiger partial charge in [-0.3, -0.25) is 0 Å². The van der Waals surface area contributed by atoms with Crippen molar-refractivity contribution in [3.05, 3.63) is 34.2 Å². The van der Waals surface area contributed by atoms with E-state index in [1.165, 1.54) is 17.4 Å². The number of aromatic nitrogens is 2. The number of thiophene rings is 1. The third-order valence-corrected chi connectivity index (χ3v) is 3.04. The fourth-order valence-corrected chi connectivity index (χ4v) is 1.96. The molecule has 0 aliphatic rings. The molecule has 94 valence electrons. The lowest BCUT2D eigenvalue weighted by molar-refractivity contribution is -0.130. The Morgan fingerprint density at radius 2 is 2.28 bits per heavy atom. The van der Waals surface area contributed by atoms with Crippen LogP contribution in [-0.4, -0.2) is 21.3 Å². The number of aliphatic carboxylic acids is 1. The zero-order valence-electron chi connectivity index (χ0n) is 9.95. The molecule has 0 spiro atoms. The minimum atomic E-state index is -1.08. The second kappa shape index (κ2) is 5.14. The predicted octanol–water partition coefficient (Wildman–Crippen LogP) is 2.88. The molecule has 0 radical (unpaired) electrons. The van der Waals surface area contributed by atoms with Crippen LogP contribution >= 0.6 is 11.3 Å². The van der Waals surface area contributed by atoms with E-state index >= 15 is 0 Å². The first-order chi connectivity index (χ1) is 8.58. The number of carbonyl (C=O) groups is 1. The molecule has 5 nitrogen and oxygen atoms in total. The second-order valence-electron chi connectivity index (χ2n) is 3.98. The average Bonchev–Trinajstić information content (AvgIpc) is 2.96. The van der Waals surface area contributed by atoms with E-state index in [0.29, 0.717) is 5.89 Å². The third kappa shape index (κ3) is 2.65. The van der Waals surface area contributed by atoms with Gasteiger partial charge in [0.25, 0.3) is 5.89 Å². The van der Waals surface area contributed by atoms with Crippen LogP contribution in [0.15, 0.2) is 21.9 Å². The first-order valence-corrected chi connectivity index (χ1v) is 6.28. The minimum absolute atomic E-state index is 0.0110. The van der Waals surface area contributed by atoms with E-state index in [-0.39, 0.29) is 17.4 Å². The molecule has 2 rings (SSSR count). The molecule has 0 aliphatic heterocycles. The molecule has 0 atom stereocenters. The molecule has 0 aromatic carbocycles. The van der Waals surface area contributed by atoms with Gasteiger partial charge in [-0.1, -0.05) is 19.9 Å². The van der Waals surface area contributed by atoms with E-state index in [1.807, 2.05) is 31.4 Å². The Balaban J connectivity index is 2.39. The van der Waals surface area contributed by atoms with Crippen molar-refractivity contribution in [3.8, 4) is 0 Å². The van der Waals surface area contributed by atoms with Crippen LogP contribution < -0.4 is 0 Å². The first kappa shape index (κ1) is 12.5. The van der Waals surface area contributed by atoms with Gasteiger partial charge < -0.3 is 9.52 Å². The molecule has 2 heterocycles. The lowest BCUT2D eigenvalue weighted by atomic mass is 10.2. The van der Waals surface area contributed by atoms with E-state index in [2.05, 4.69) is 10.2 Å². The van der Waals surface area contributed by atoms with Crippen LogP contribution in [0.25, 0.3) is 11.6 Å². The van der Waals surface area contributed by atoms with Crippen LogP contribution in [0, 0.1) is 0 Å². The van der Waals surface area contributed by atoms with Crippen LogP contribution in [0.1, 0.15) is 36.4 Å². The van der Waals surface area contributed by atoms with Gasteiger partial charge >= 0.3 is 5.97 Å². The lowest BCUT2D eigenvalue weighted by Gasteiger charge is -1.96. The molecular weight excluding hydrogens is 252 g/mol. The van der Waals surface area contributed by atoms with Gasteiger partial charge in [-0.25, -0.2) is 4.79 Å². The summed E-state index contributed by atoms with van der Waals surface area (Å²) in [5.41, 5.74) is 0.0110. The van der Waals surface area contributed by atoms with Crippen molar-refractivity contribution in [1.82, 2.24) is 10.2 Å². The highest BCUT2D eigenvalue weighted by molar-refractivity contribution is 7.10. The normalized spacial score (nSPS) is 12.1. The minimum Gasteiger partial charge on any atom is -0.477 e. The van der Waals surface area contributed by atoms with E-state index in [4.69, 9.17) is 4.42 Å². The molecule has 1 N–H and O–H groups in total. The highest BCUT2D eigenvalue weighted by Gasteiger charge is 2.19. The second-order valence-corrected chi connectivity index (χ2v) is 4.96. The number of carboxylic acid groups (broad SMARTS) is 1.